The molecule has 8 heteroatoms. The van der Waals surface area contributed by atoms with Gasteiger partial charge in [-0.3, -0.25) is 4.79 Å². The molecule has 0 saturated heterocycles. The van der Waals surface area contributed by atoms with Crippen LogP contribution in [0.2, 0.25) is 0 Å². The van der Waals surface area contributed by atoms with Crippen LogP contribution >= 0.6 is 0 Å². The van der Waals surface area contributed by atoms with Gasteiger partial charge in [-0.05, 0) is 42.7 Å². The lowest BCUT2D eigenvalue weighted by molar-refractivity contribution is -0.150. The van der Waals surface area contributed by atoms with Crippen molar-refractivity contribution in [1.82, 2.24) is 5.32 Å². The van der Waals surface area contributed by atoms with Crippen LogP contribution in [0.4, 0.5) is 20.6 Å². The zero-order chi connectivity index (χ0) is 21.4. The van der Waals surface area contributed by atoms with Gasteiger partial charge >= 0.3 is 12.0 Å². The Morgan fingerprint density at radius 2 is 1.72 bits per heavy atom. The number of benzene rings is 2. The van der Waals surface area contributed by atoms with Crippen LogP contribution in [0.25, 0.3) is 0 Å². The third kappa shape index (κ3) is 6.91. The summed E-state index contributed by atoms with van der Waals surface area (Å²) in [6.45, 7) is 4.59. The van der Waals surface area contributed by atoms with Crippen molar-refractivity contribution in [2.45, 2.75) is 26.8 Å². The van der Waals surface area contributed by atoms with Gasteiger partial charge < -0.3 is 20.7 Å². The normalized spacial score (nSPS) is 11.5. The van der Waals surface area contributed by atoms with Gasteiger partial charge in [-0.2, -0.15) is 0 Å². The number of para-hydroxylation sites is 1. The van der Waals surface area contributed by atoms with E-state index in [1.165, 1.54) is 12.1 Å². The minimum atomic E-state index is -0.956. The number of ether oxygens (including phenoxy) is 1. The minimum absolute atomic E-state index is 0.00239. The summed E-state index contributed by atoms with van der Waals surface area (Å²) in [5.41, 5.74) is 1.28. The van der Waals surface area contributed by atoms with Crippen molar-refractivity contribution in [3.63, 3.8) is 0 Å². The maximum atomic E-state index is 13.8. The van der Waals surface area contributed by atoms with Crippen molar-refractivity contribution in [3.05, 3.63) is 59.9 Å². The van der Waals surface area contributed by atoms with Crippen molar-refractivity contribution in [3.8, 4) is 0 Å². The predicted octanol–water partition coefficient (Wildman–Crippen LogP) is 3.46. The number of carbonyl (C=O) groups is 3. The fraction of sp³-hybridized carbons (Fsp3) is 0.286. The van der Waals surface area contributed by atoms with Gasteiger partial charge in [0, 0.05) is 5.69 Å². The Morgan fingerprint density at radius 3 is 2.34 bits per heavy atom. The van der Waals surface area contributed by atoms with Gasteiger partial charge in [-0.15, -0.1) is 0 Å². The van der Waals surface area contributed by atoms with Gasteiger partial charge in [0.1, 0.15) is 11.9 Å². The summed E-state index contributed by atoms with van der Waals surface area (Å²) in [6, 6.07) is 11.6. The second-order valence-electron chi connectivity index (χ2n) is 6.83. The summed E-state index contributed by atoms with van der Waals surface area (Å²) >= 11 is 0. The molecule has 0 aromatic heterocycles. The molecule has 2 rings (SSSR count). The Labute approximate surface area is 168 Å². The number of anilines is 2. The first-order chi connectivity index (χ1) is 13.8. The van der Waals surface area contributed by atoms with Crippen molar-refractivity contribution < 1.29 is 23.5 Å². The Hall–Kier alpha value is -3.42. The van der Waals surface area contributed by atoms with Crippen LogP contribution in [-0.2, 0) is 14.3 Å². The maximum Gasteiger partial charge on any atom is 0.329 e. The number of urea groups is 1. The molecular formula is C21H24FN3O4. The van der Waals surface area contributed by atoms with E-state index in [0.717, 1.165) is 0 Å². The molecule has 0 unspecified atom stereocenters. The topological polar surface area (TPSA) is 96.5 Å². The summed E-state index contributed by atoms with van der Waals surface area (Å²) in [4.78, 5) is 36.4. The van der Waals surface area contributed by atoms with Gasteiger partial charge in [0.25, 0.3) is 5.91 Å². The average molecular weight is 401 g/mol. The Balaban J connectivity index is 1.88. The van der Waals surface area contributed by atoms with Crippen molar-refractivity contribution >= 4 is 29.3 Å². The van der Waals surface area contributed by atoms with Gasteiger partial charge in [0.05, 0.1) is 5.69 Å². The lowest BCUT2D eigenvalue weighted by atomic mass is 10.1. The molecule has 29 heavy (non-hydrogen) atoms. The third-order valence-electron chi connectivity index (χ3n) is 3.98. The lowest BCUT2D eigenvalue weighted by Gasteiger charge is -2.21. The Bertz CT molecular complexity index is 871. The zero-order valence-electron chi connectivity index (χ0n) is 16.5. The van der Waals surface area contributed by atoms with E-state index in [1.807, 2.05) is 6.07 Å². The molecule has 154 valence electrons. The van der Waals surface area contributed by atoms with Crippen LogP contribution < -0.4 is 16.0 Å². The molecule has 0 aliphatic heterocycles. The summed E-state index contributed by atoms with van der Waals surface area (Å²) < 4.78 is 18.8. The number of rotatable bonds is 7. The SMILES string of the molecule is Cc1ccc(NC(=O)COC(=O)[C@H](NC(=O)Nc2ccccc2)C(C)C)c(F)c1. The molecule has 0 bridgehead atoms. The molecule has 7 nitrogen and oxygen atoms in total. The minimum Gasteiger partial charge on any atom is -0.454 e. The quantitative estimate of drug-likeness (QED) is 0.619. The van der Waals surface area contributed by atoms with Gasteiger partial charge in [-0.1, -0.05) is 38.1 Å². The van der Waals surface area contributed by atoms with Crippen molar-refractivity contribution in [2.75, 3.05) is 17.2 Å². The lowest BCUT2D eigenvalue weighted by Crippen LogP contribution is -2.47. The summed E-state index contributed by atoms with van der Waals surface area (Å²) in [7, 11) is 0. The highest BCUT2D eigenvalue weighted by Crippen LogP contribution is 2.15. The van der Waals surface area contributed by atoms with Crippen LogP contribution in [0.1, 0.15) is 19.4 Å². The summed E-state index contributed by atoms with van der Waals surface area (Å²) in [6.07, 6.45) is 0. The molecule has 1 atom stereocenters. The van der Waals surface area contributed by atoms with Crippen LogP contribution in [0.5, 0.6) is 0 Å². The van der Waals surface area contributed by atoms with Crippen LogP contribution in [-0.4, -0.2) is 30.6 Å². The highest BCUT2D eigenvalue weighted by atomic mass is 19.1. The van der Waals surface area contributed by atoms with E-state index in [0.29, 0.717) is 11.3 Å². The van der Waals surface area contributed by atoms with Crippen molar-refractivity contribution in [2.24, 2.45) is 5.92 Å². The smallest absolute Gasteiger partial charge is 0.329 e. The summed E-state index contributed by atoms with van der Waals surface area (Å²) in [5, 5.41) is 7.49. The second-order valence-corrected chi connectivity index (χ2v) is 6.83. The molecule has 0 heterocycles. The molecule has 0 saturated carbocycles. The van der Waals surface area contributed by atoms with E-state index in [9.17, 15) is 18.8 Å². The molecular weight excluding hydrogens is 377 g/mol. The molecule has 3 N–H and O–H groups in total. The number of hydrogen-bond acceptors (Lipinski definition) is 4. The highest BCUT2D eigenvalue weighted by Gasteiger charge is 2.26. The number of nitrogens with one attached hydrogen (secondary N) is 3. The molecule has 0 fully saturated rings. The van der Waals surface area contributed by atoms with E-state index in [4.69, 9.17) is 4.74 Å². The van der Waals surface area contributed by atoms with E-state index in [1.54, 1.807) is 51.1 Å². The van der Waals surface area contributed by atoms with E-state index < -0.39 is 36.4 Å². The molecule has 2 aromatic rings. The monoisotopic (exact) mass is 401 g/mol. The first kappa shape index (κ1) is 21.9. The molecule has 3 amide bonds. The molecule has 0 radical (unpaired) electrons. The fourth-order valence-electron chi connectivity index (χ4n) is 2.46. The number of halogens is 1. The van der Waals surface area contributed by atoms with Crippen LogP contribution in [0, 0.1) is 18.7 Å². The van der Waals surface area contributed by atoms with Crippen molar-refractivity contribution in [1.29, 1.82) is 0 Å². The fourth-order valence-corrected chi connectivity index (χ4v) is 2.46. The average Bonchev–Trinajstić information content (AvgIpc) is 2.67. The number of carbonyl (C=O) groups excluding carboxylic acids is 3. The first-order valence-corrected chi connectivity index (χ1v) is 9.11. The Morgan fingerprint density at radius 1 is 1.03 bits per heavy atom. The van der Waals surface area contributed by atoms with Crippen LogP contribution in [0.15, 0.2) is 48.5 Å². The number of hydrogen-bond donors (Lipinski definition) is 3. The standard InChI is InChI=1S/C21H24FN3O4/c1-13(2)19(25-21(28)23-15-7-5-4-6-8-15)20(27)29-12-18(26)24-17-10-9-14(3)11-16(17)22/h4-11,13,19H,12H2,1-3H3,(H,24,26)(H2,23,25,28)/t19-/m1/s1. The third-order valence-corrected chi connectivity index (χ3v) is 3.98. The number of aryl methyl sites for hydroxylation is 1. The molecule has 2 aromatic carbocycles. The Kier molecular flexibility index (Phi) is 7.70. The first-order valence-electron chi connectivity index (χ1n) is 9.11. The van der Waals surface area contributed by atoms with E-state index >= 15 is 0 Å². The number of esters is 1. The van der Waals surface area contributed by atoms with Gasteiger partial charge in [0.15, 0.2) is 6.61 Å². The maximum absolute atomic E-state index is 13.8. The molecule has 0 aliphatic carbocycles. The van der Waals surface area contributed by atoms with Crippen LogP contribution in [0.3, 0.4) is 0 Å². The molecule has 0 aliphatic rings. The van der Waals surface area contributed by atoms with Gasteiger partial charge in [0.2, 0.25) is 0 Å². The number of amides is 3. The van der Waals surface area contributed by atoms with E-state index in [-0.39, 0.29) is 11.6 Å². The zero-order valence-corrected chi connectivity index (χ0v) is 16.5. The van der Waals surface area contributed by atoms with Gasteiger partial charge in [-0.25, -0.2) is 14.0 Å². The molecule has 0 spiro atoms. The highest BCUT2D eigenvalue weighted by molar-refractivity contribution is 5.95. The summed E-state index contributed by atoms with van der Waals surface area (Å²) in [5.74, 6) is -2.30. The largest absolute Gasteiger partial charge is 0.454 e. The second kappa shape index (κ2) is 10.2. The predicted molar refractivity (Wildman–Crippen MR) is 108 cm³/mol. The van der Waals surface area contributed by atoms with E-state index in [2.05, 4.69) is 16.0 Å².